The second-order valence-corrected chi connectivity index (χ2v) is 7.29. The van der Waals surface area contributed by atoms with Gasteiger partial charge >= 0.3 is 0 Å². The smallest absolute Gasteiger partial charge is 0.276 e. The molecular formula is C21H17Cl2N5O3. The third-order valence-corrected chi connectivity index (χ3v) is 4.59. The van der Waals surface area contributed by atoms with Crippen LogP contribution in [0.4, 0.5) is 5.69 Å². The number of halogens is 2. The molecule has 0 aliphatic heterocycles. The minimum absolute atomic E-state index is 0.160. The minimum Gasteiger partial charge on any atom is -0.471 e. The number of amides is 1. The maximum absolute atomic E-state index is 12.4. The Morgan fingerprint density at radius 3 is 2.52 bits per heavy atom. The minimum atomic E-state index is -0.361. The first kappa shape index (κ1) is 20.8. The van der Waals surface area contributed by atoms with Crippen LogP contribution in [0.2, 0.25) is 10.0 Å². The lowest BCUT2D eigenvalue weighted by atomic mass is 10.3. The molecule has 0 fully saturated rings. The molecular weight excluding hydrogens is 441 g/mol. The van der Waals surface area contributed by atoms with Gasteiger partial charge in [0.1, 0.15) is 11.5 Å². The molecule has 0 radical (unpaired) electrons. The third kappa shape index (κ3) is 5.78. The summed E-state index contributed by atoms with van der Waals surface area (Å²) in [4.78, 5) is 12.4. The highest BCUT2D eigenvalue weighted by Crippen LogP contribution is 2.18. The van der Waals surface area contributed by atoms with Crippen LogP contribution in [0.5, 0.6) is 11.5 Å². The van der Waals surface area contributed by atoms with Crippen molar-refractivity contribution in [2.45, 2.75) is 13.5 Å². The summed E-state index contributed by atoms with van der Waals surface area (Å²) in [5.74, 6) is 0.916. The first-order valence-electron chi connectivity index (χ1n) is 9.19. The highest BCUT2D eigenvalue weighted by molar-refractivity contribution is 6.30. The number of anilines is 1. The molecule has 31 heavy (non-hydrogen) atoms. The van der Waals surface area contributed by atoms with E-state index in [1.165, 1.54) is 10.9 Å². The van der Waals surface area contributed by atoms with Crippen LogP contribution in [0, 0.1) is 0 Å². The number of hydrogen-bond acceptors (Lipinski definition) is 5. The molecule has 4 rings (SSSR count). The van der Waals surface area contributed by atoms with Crippen molar-refractivity contribution in [3.05, 3.63) is 88.9 Å². The van der Waals surface area contributed by atoms with Crippen LogP contribution in [-0.4, -0.2) is 25.5 Å². The van der Waals surface area contributed by atoms with Crippen molar-refractivity contribution in [1.29, 1.82) is 0 Å². The van der Waals surface area contributed by atoms with Gasteiger partial charge in [0.2, 0.25) is 0 Å². The van der Waals surface area contributed by atoms with Crippen LogP contribution in [0.15, 0.2) is 73.2 Å². The molecule has 2 heterocycles. The van der Waals surface area contributed by atoms with E-state index in [0.29, 0.717) is 27.2 Å². The number of hydrogen-bond donors (Lipinski definition) is 1. The van der Waals surface area contributed by atoms with Crippen molar-refractivity contribution >= 4 is 34.8 Å². The van der Waals surface area contributed by atoms with Crippen molar-refractivity contribution in [3.63, 3.8) is 0 Å². The zero-order chi connectivity index (χ0) is 21.6. The lowest BCUT2D eigenvalue weighted by Crippen LogP contribution is -2.14. The lowest BCUT2D eigenvalue weighted by Gasteiger charge is -2.06. The number of carbonyl (C=O) groups excluding carboxylic acids is 1. The Bertz CT molecular complexity index is 1170. The Labute approximate surface area is 187 Å². The average molecular weight is 458 g/mol. The second-order valence-electron chi connectivity index (χ2n) is 6.42. The normalized spacial score (nSPS) is 10.6. The molecule has 4 aromatic rings. The summed E-state index contributed by atoms with van der Waals surface area (Å²) in [6.45, 7) is 0.334. The van der Waals surface area contributed by atoms with Gasteiger partial charge < -0.3 is 14.8 Å². The van der Waals surface area contributed by atoms with E-state index in [1.54, 1.807) is 71.7 Å². The highest BCUT2D eigenvalue weighted by Gasteiger charge is 2.11. The molecule has 0 aliphatic rings. The SMILES string of the molecule is O=C(Nc1cnn(COc2cccc(Cl)c2)c1)c1ccn(COc2ccc(Cl)cc2)n1. The topological polar surface area (TPSA) is 83.2 Å². The zero-order valence-corrected chi connectivity index (χ0v) is 17.6. The summed E-state index contributed by atoms with van der Waals surface area (Å²) >= 11 is 11.8. The van der Waals surface area contributed by atoms with Crippen molar-refractivity contribution in [2.75, 3.05) is 5.32 Å². The summed E-state index contributed by atoms with van der Waals surface area (Å²) in [6, 6.07) is 15.7. The number of aromatic nitrogens is 4. The van der Waals surface area contributed by atoms with Gasteiger partial charge in [0.25, 0.3) is 5.91 Å². The summed E-state index contributed by atoms with van der Waals surface area (Å²) in [7, 11) is 0. The first-order valence-corrected chi connectivity index (χ1v) is 9.95. The molecule has 0 atom stereocenters. The van der Waals surface area contributed by atoms with E-state index < -0.39 is 0 Å². The predicted molar refractivity (Wildman–Crippen MR) is 117 cm³/mol. The monoisotopic (exact) mass is 457 g/mol. The molecule has 0 aliphatic carbocycles. The number of benzene rings is 2. The lowest BCUT2D eigenvalue weighted by molar-refractivity contribution is 0.102. The van der Waals surface area contributed by atoms with E-state index in [2.05, 4.69) is 15.5 Å². The van der Waals surface area contributed by atoms with Crippen LogP contribution < -0.4 is 14.8 Å². The number of rotatable bonds is 8. The fourth-order valence-corrected chi connectivity index (χ4v) is 2.92. The average Bonchev–Trinajstić information content (AvgIpc) is 3.41. The van der Waals surface area contributed by atoms with Crippen molar-refractivity contribution in [1.82, 2.24) is 19.6 Å². The molecule has 0 bridgehead atoms. The summed E-state index contributed by atoms with van der Waals surface area (Å²) in [6.07, 6.45) is 4.84. The summed E-state index contributed by atoms with van der Waals surface area (Å²) < 4.78 is 14.3. The maximum atomic E-state index is 12.4. The second kappa shape index (κ2) is 9.55. The summed E-state index contributed by atoms with van der Waals surface area (Å²) in [5.41, 5.74) is 0.772. The largest absolute Gasteiger partial charge is 0.471 e. The van der Waals surface area contributed by atoms with Crippen LogP contribution in [-0.2, 0) is 13.5 Å². The molecule has 1 amide bonds. The van der Waals surface area contributed by atoms with Crippen LogP contribution in [0.25, 0.3) is 0 Å². The molecule has 158 valence electrons. The first-order chi connectivity index (χ1) is 15.0. The molecule has 8 nitrogen and oxygen atoms in total. The maximum Gasteiger partial charge on any atom is 0.276 e. The third-order valence-electron chi connectivity index (χ3n) is 4.10. The van der Waals surface area contributed by atoms with Gasteiger partial charge in [-0.15, -0.1) is 0 Å². The Morgan fingerprint density at radius 1 is 0.935 bits per heavy atom. The Hall–Kier alpha value is -3.49. The predicted octanol–water partition coefficient (Wildman–Crippen LogP) is 4.71. The van der Waals surface area contributed by atoms with Crippen molar-refractivity contribution in [2.24, 2.45) is 0 Å². The van der Waals surface area contributed by atoms with Gasteiger partial charge in [-0.1, -0.05) is 29.3 Å². The van der Waals surface area contributed by atoms with E-state index in [9.17, 15) is 4.79 Å². The van der Waals surface area contributed by atoms with Gasteiger partial charge in [0, 0.05) is 16.2 Å². The van der Waals surface area contributed by atoms with Gasteiger partial charge in [-0.3, -0.25) is 4.79 Å². The number of ether oxygens (including phenoxy) is 2. The van der Waals surface area contributed by atoms with E-state index in [0.717, 1.165) is 0 Å². The Kier molecular flexibility index (Phi) is 6.40. The molecule has 0 unspecified atom stereocenters. The molecule has 10 heteroatoms. The van der Waals surface area contributed by atoms with Crippen molar-refractivity contribution in [3.8, 4) is 11.5 Å². The van der Waals surface area contributed by atoms with E-state index in [-0.39, 0.29) is 25.1 Å². The van der Waals surface area contributed by atoms with E-state index >= 15 is 0 Å². The van der Waals surface area contributed by atoms with E-state index in [4.69, 9.17) is 32.7 Å². The molecule has 0 saturated heterocycles. The molecule has 2 aromatic heterocycles. The number of nitrogens with one attached hydrogen (secondary N) is 1. The van der Waals surface area contributed by atoms with E-state index in [1.807, 2.05) is 0 Å². The molecule has 0 spiro atoms. The van der Waals surface area contributed by atoms with Crippen LogP contribution >= 0.6 is 23.2 Å². The molecule has 0 saturated carbocycles. The molecule has 2 aromatic carbocycles. The van der Waals surface area contributed by atoms with Gasteiger partial charge in [-0.25, -0.2) is 9.36 Å². The number of nitrogens with zero attached hydrogens (tertiary/aromatic N) is 4. The van der Waals surface area contributed by atoms with Gasteiger partial charge in [-0.2, -0.15) is 10.2 Å². The van der Waals surface area contributed by atoms with Crippen LogP contribution in [0.3, 0.4) is 0 Å². The Morgan fingerprint density at radius 2 is 1.71 bits per heavy atom. The zero-order valence-electron chi connectivity index (χ0n) is 16.1. The fourth-order valence-electron chi connectivity index (χ4n) is 2.62. The van der Waals surface area contributed by atoms with Crippen molar-refractivity contribution < 1.29 is 14.3 Å². The van der Waals surface area contributed by atoms with Crippen LogP contribution in [0.1, 0.15) is 10.5 Å². The van der Waals surface area contributed by atoms with Gasteiger partial charge in [-0.05, 0) is 48.5 Å². The fraction of sp³-hybridized carbons (Fsp3) is 0.0952. The quantitative estimate of drug-likeness (QED) is 0.414. The van der Waals surface area contributed by atoms with Gasteiger partial charge in [0.05, 0.1) is 18.1 Å². The Balaban J connectivity index is 1.29. The highest BCUT2D eigenvalue weighted by atomic mass is 35.5. The standard InChI is InChI=1S/C21H17Cl2N5O3/c22-15-4-6-18(7-5-15)30-13-27-9-8-20(26-27)21(29)25-17-11-24-28(12-17)14-31-19-3-1-2-16(23)10-19/h1-12H,13-14H2,(H,25,29). The molecule has 1 N–H and O–H groups in total. The number of carbonyl (C=O) groups is 1. The summed E-state index contributed by atoms with van der Waals surface area (Å²) in [5, 5.41) is 12.3. The van der Waals surface area contributed by atoms with Gasteiger partial charge in [0.15, 0.2) is 19.2 Å².